The molecule has 0 aromatic heterocycles. The number of hydrogen-bond donors (Lipinski definition) is 1. The molecule has 0 aliphatic rings. The molecule has 1 N–H and O–H groups in total. The average molecular weight is 276 g/mol. The lowest BCUT2D eigenvalue weighted by molar-refractivity contribution is 0.104. The molecule has 3 heteroatoms. The molecule has 0 bridgehead atoms. The summed E-state index contributed by atoms with van der Waals surface area (Å²) < 4.78 is 0. The van der Waals surface area contributed by atoms with Crippen LogP contribution in [-0.4, -0.2) is 5.78 Å². The molecular weight excluding hydrogens is 260 g/mol. The minimum Gasteiger partial charge on any atom is -0.362 e. The summed E-state index contributed by atoms with van der Waals surface area (Å²) in [6.07, 6.45) is 3.11. The molecule has 0 aliphatic heterocycles. The second-order valence-corrected chi connectivity index (χ2v) is 4.83. The van der Waals surface area contributed by atoms with E-state index >= 15 is 0 Å². The highest BCUT2D eigenvalue weighted by atomic mass is 16.1. The Balaban J connectivity index is 2.01. The monoisotopic (exact) mass is 276 g/mol. The van der Waals surface area contributed by atoms with Gasteiger partial charge in [-0.15, -0.1) is 0 Å². The number of ketones is 1. The van der Waals surface area contributed by atoms with Gasteiger partial charge in [0.25, 0.3) is 0 Å². The number of rotatable bonds is 4. The number of carbonyl (C=O) groups is 1. The molecule has 0 radical (unpaired) electrons. The van der Waals surface area contributed by atoms with Crippen LogP contribution in [0.15, 0.2) is 54.7 Å². The van der Waals surface area contributed by atoms with Crippen molar-refractivity contribution in [1.29, 1.82) is 5.26 Å². The van der Waals surface area contributed by atoms with Crippen molar-refractivity contribution in [3.63, 3.8) is 0 Å². The first kappa shape index (κ1) is 14.5. The number of nitriles is 1. The van der Waals surface area contributed by atoms with Crippen molar-refractivity contribution < 1.29 is 4.79 Å². The zero-order chi connectivity index (χ0) is 15.2. The molecule has 0 heterocycles. The zero-order valence-electron chi connectivity index (χ0n) is 12.1. The Kier molecular flexibility index (Phi) is 4.53. The highest BCUT2D eigenvalue weighted by Gasteiger charge is 2.02. The highest BCUT2D eigenvalue weighted by Crippen LogP contribution is 2.11. The van der Waals surface area contributed by atoms with Crippen LogP contribution in [0.3, 0.4) is 0 Å². The van der Waals surface area contributed by atoms with Gasteiger partial charge >= 0.3 is 0 Å². The van der Waals surface area contributed by atoms with Gasteiger partial charge in [0.05, 0.1) is 11.6 Å². The van der Waals surface area contributed by atoms with Gasteiger partial charge in [-0.2, -0.15) is 5.26 Å². The standard InChI is InChI=1S/C18H16N2O/c1-13-3-6-16(11-14(13)2)18(21)9-10-20-17-7-4-15(12-19)5-8-17/h3-11,20H,1-2H3. The van der Waals surface area contributed by atoms with Gasteiger partial charge < -0.3 is 5.32 Å². The summed E-state index contributed by atoms with van der Waals surface area (Å²) in [5.74, 6) is -0.0424. The van der Waals surface area contributed by atoms with Crippen LogP contribution in [0.2, 0.25) is 0 Å². The third kappa shape index (κ3) is 3.80. The smallest absolute Gasteiger partial charge is 0.187 e. The first-order valence-electron chi connectivity index (χ1n) is 6.65. The maximum absolute atomic E-state index is 12.0. The van der Waals surface area contributed by atoms with E-state index in [0.717, 1.165) is 11.3 Å². The molecule has 2 aromatic rings. The van der Waals surface area contributed by atoms with Gasteiger partial charge in [0.15, 0.2) is 5.78 Å². The van der Waals surface area contributed by atoms with Crippen molar-refractivity contribution in [2.24, 2.45) is 0 Å². The number of allylic oxidation sites excluding steroid dienone is 1. The van der Waals surface area contributed by atoms with E-state index in [1.807, 2.05) is 32.0 Å². The quantitative estimate of drug-likeness (QED) is 0.678. The Bertz CT molecular complexity index is 722. The highest BCUT2D eigenvalue weighted by molar-refractivity contribution is 6.04. The lowest BCUT2D eigenvalue weighted by atomic mass is 10.0. The molecule has 2 aromatic carbocycles. The summed E-state index contributed by atoms with van der Waals surface area (Å²) in [5.41, 5.74) is 4.39. The molecule has 104 valence electrons. The Labute approximate surface area is 124 Å². The van der Waals surface area contributed by atoms with Gasteiger partial charge in [-0.3, -0.25) is 4.79 Å². The van der Waals surface area contributed by atoms with Crippen LogP contribution in [-0.2, 0) is 0 Å². The summed E-state index contributed by atoms with van der Waals surface area (Å²) in [7, 11) is 0. The Morgan fingerprint density at radius 3 is 2.43 bits per heavy atom. The fraction of sp³-hybridized carbons (Fsp3) is 0.111. The lowest BCUT2D eigenvalue weighted by Gasteiger charge is -2.02. The van der Waals surface area contributed by atoms with Crippen LogP contribution in [0.5, 0.6) is 0 Å². The van der Waals surface area contributed by atoms with Crippen molar-refractivity contribution in [1.82, 2.24) is 0 Å². The van der Waals surface area contributed by atoms with E-state index < -0.39 is 0 Å². The molecule has 0 amide bonds. The number of aryl methyl sites for hydroxylation is 2. The molecular formula is C18H16N2O. The van der Waals surface area contributed by atoms with Crippen LogP contribution in [0.25, 0.3) is 0 Å². The van der Waals surface area contributed by atoms with Gasteiger partial charge in [-0.1, -0.05) is 12.1 Å². The van der Waals surface area contributed by atoms with Gasteiger partial charge in [0.1, 0.15) is 0 Å². The third-order valence-electron chi connectivity index (χ3n) is 3.29. The molecule has 0 fully saturated rings. The van der Waals surface area contributed by atoms with Crippen LogP contribution in [0, 0.1) is 25.2 Å². The summed E-state index contributed by atoms with van der Waals surface area (Å²) in [4.78, 5) is 12.0. The molecule has 2 rings (SSSR count). The van der Waals surface area contributed by atoms with E-state index in [2.05, 4.69) is 11.4 Å². The fourth-order valence-electron chi connectivity index (χ4n) is 1.85. The normalized spacial score (nSPS) is 10.3. The molecule has 0 saturated heterocycles. The number of hydrogen-bond acceptors (Lipinski definition) is 3. The van der Waals surface area contributed by atoms with E-state index in [0.29, 0.717) is 11.1 Å². The van der Waals surface area contributed by atoms with E-state index in [1.165, 1.54) is 11.6 Å². The minimum atomic E-state index is -0.0424. The Hall–Kier alpha value is -2.86. The predicted octanol–water partition coefficient (Wildman–Crippen LogP) is 3.98. The lowest BCUT2D eigenvalue weighted by Crippen LogP contribution is -1.97. The SMILES string of the molecule is Cc1ccc(C(=O)C=CNc2ccc(C#N)cc2)cc1C. The van der Waals surface area contributed by atoms with Crippen molar-refractivity contribution in [2.75, 3.05) is 5.32 Å². The fourth-order valence-corrected chi connectivity index (χ4v) is 1.85. The van der Waals surface area contributed by atoms with Crippen LogP contribution >= 0.6 is 0 Å². The number of nitrogens with one attached hydrogen (secondary N) is 1. The van der Waals surface area contributed by atoms with E-state index in [1.54, 1.807) is 30.5 Å². The molecule has 0 spiro atoms. The van der Waals surface area contributed by atoms with Gasteiger partial charge in [-0.25, -0.2) is 0 Å². The summed E-state index contributed by atoms with van der Waals surface area (Å²) in [5, 5.41) is 11.7. The summed E-state index contributed by atoms with van der Waals surface area (Å²) in [6, 6.07) is 14.8. The van der Waals surface area contributed by atoms with Gasteiger partial charge in [0.2, 0.25) is 0 Å². The number of anilines is 1. The van der Waals surface area contributed by atoms with E-state index in [4.69, 9.17) is 5.26 Å². The third-order valence-corrected chi connectivity index (χ3v) is 3.29. The van der Waals surface area contributed by atoms with Crippen molar-refractivity contribution in [3.8, 4) is 6.07 Å². The topological polar surface area (TPSA) is 52.9 Å². The molecule has 0 aliphatic carbocycles. The number of carbonyl (C=O) groups excluding carboxylic acids is 1. The molecule has 21 heavy (non-hydrogen) atoms. The maximum atomic E-state index is 12.0. The van der Waals surface area contributed by atoms with Crippen LogP contribution < -0.4 is 5.32 Å². The van der Waals surface area contributed by atoms with Crippen LogP contribution in [0.4, 0.5) is 5.69 Å². The number of benzene rings is 2. The number of nitrogens with zero attached hydrogens (tertiary/aromatic N) is 1. The van der Waals surface area contributed by atoms with Crippen LogP contribution in [0.1, 0.15) is 27.0 Å². The molecule has 0 saturated carbocycles. The van der Waals surface area contributed by atoms with E-state index in [9.17, 15) is 4.79 Å². The van der Waals surface area contributed by atoms with Crippen molar-refractivity contribution in [3.05, 3.63) is 77.0 Å². The molecule has 0 unspecified atom stereocenters. The zero-order valence-corrected chi connectivity index (χ0v) is 12.1. The first-order valence-corrected chi connectivity index (χ1v) is 6.65. The average Bonchev–Trinajstić information content (AvgIpc) is 2.50. The van der Waals surface area contributed by atoms with Gasteiger partial charge in [-0.05, 0) is 55.3 Å². The Morgan fingerprint density at radius 1 is 1.10 bits per heavy atom. The van der Waals surface area contributed by atoms with E-state index in [-0.39, 0.29) is 5.78 Å². The van der Waals surface area contributed by atoms with Crippen molar-refractivity contribution >= 4 is 11.5 Å². The second-order valence-electron chi connectivity index (χ2n) is 4.83. The maximum Gasteiger partial charge on any atom is 0.187 e. The predicted molar refractivity (Wildman–Crippen MR) is 84.2 cm³/mol. The second kappa shape index (κ2) is 6.53. The first-order chi connectivity index (χ1) is 10.1. The van der Waals surface area contributed by atoms with Crippen molar-refractivity contribution in [2.45, 2.75) is 13.8 Å². The minimum absolute atomic E-state index is 0.0424. The summed E-state index contributed by atoms with van der Waals surface area (Å²) >= 11 is 0. The Morgan fingerprint density at radius 2 is 1.81 bits per heavy atom. The molecule has 3 nitrogen and oxygen atoms in total. The summed E-state index contributed by atoms with van der Waals surface area (Å²) in [6.45, 7) is 4.01. The largest absolute Gasteiger partial charge is 0.362 e. The molecule has 0 atom stereocenters. The van der Waals surface area contributed by atoms with Gasteiger partial charge in [0, 0.05) is 23.5 Å².